The van der Waals surface area contributed by atoms with E-state index in [1.807, 2.05) is 28.5 Å². The van der Waals surface area contributed by atoms with E-state index in [1.54, 1.807) is 11.3 Å². The third kappa shape index (κ3) is 4.76. The Morgan fingerprint density at radius 2 is 1.91 bits per heavy atom. The molecule has 172 valence electrons. The molecule has 0 bridgehead atoms. The first kappa shape index (κ1) is 22.3. The van der Waals surface area contributed by atoms with E-state index in [-0.39, 0.29) is 23.1 Å². The molecule has 1 unspecified atom stereocenters. The van der Waals surface area contributed by atoms with E-state index in [0.29, 0.717) is 24.4 Å². The first-order chi connectivity index (χ1) is 15.9. The maximum Gasteiger partial charge on any atom is 0.261 e. The van der Waals surface area contributed by atoms with Gasteiger partial charge in [-0.15, -0.1) is 22.7 Å². The number of benzene rings is 1. The standard InChI is InChI=1S/C26H29N3O2S2/c1-28(2)17-26(11-12-26)19-5-7-20(8-6-19)29-16-18(14-24(29)30)15-27-25(31)23-10-9-22(33-23)21-4-3-13-32-21/h3-10,13,18H,11-12,14-17H2,1-2H3,(H,27,31). The molecule has 1 aliphatic heterocycles. The van der Waals surface area contributed by atoms with Crippen LogP contribution in [0.3, 0.4) is 0 Å². The van der Waals surface area contributed by atoms with Crippen LogP contribution in [0.4, 0.5) is 5.69 Å². The minimum atomic E-state index is -0.0614. The second kappa shape index (κ2) is 9.05. The summed E-state index contributed by atoms with van der Waals surface area (Å²) in [5.74, 6) is 0.197. The molecule has 1 aromatic carbocycles. The molecular formula is C26H29N3O2S2. The SMILES string of the molecule is CN(C)CC1(c2ccc(N3CC(CNC(=O)c4ccc(-c5cccs5)s4)CC3=O)cc2)CC1. The summed E-state index contributed by atoms with van der Waals surface area (Å²) >= 11 is 3.18. The predicted molar refractivity (Wildman–Crippen MR) is 136 cm³/mol. The zero-order valence-electron chi connectivity index (χ0n) is 19.0. The molecule has 2 aliphatic rings. The van der Waals surface area contributed by atoms with Gasteiger partial charge < -0.3 is 15.1 Å². The maximum absolute atomic E-state index is 12.7. The summed E-state index contributed by atoms with van der Waals surface area (Å²) in [6, 6.07) is 16.5. The highest BCUT2D eigenvalue weighted by Crippen LogP contribution is 2.48. The summed E-state index contributed by atoms with van der Waals surface area (Å²) in [7, 11) is 4.24. The Morgan fingerprint density at radius 3 is 2.58 bits per heavy atom. The highest BCUT2D eigenvalue weighted by molar-refractivity contribution is 7.22. The van der Waals surface area contributed by atoms with E-state index in [1.165, 1.54) is 34.6 Å². The highest BCUT2D eigenvalue weighted by Gasteiger charge is 2.44. The van der Waals surface area contributed by atoms with Crippen molar-refractivity contribution in [2.45, 2.75) is 24.7 Å². The van der Waals surface area contributed by atoms with E-state index in [4.69, 9.17) is 0 Å². The number of likely N-dealkylation sites (N-methyl/N-ethyl adjacent to an activating group) is 1. The van der Waals surface area contributed by atoms with Crippen LogP contribution in [-0.4, -0.2) is 50.4 Å². The first-order valence-electron chi connectivity index (χ1n) is 11.4. The van der Waals surface area contributed by atoms with Crippen LogP contribution >= 0.6 is 22.7 Å². The zero-order chi connectivity index (χ0) is 23.0. The molecule has 0 spiro atoms. The lowest BCUT2D eigenvalue weighted by molar-refractivity contribution is -0.117. The lowest BCUT2D eigenvalue weighted by atomic mass is 9.95. The normalized spacial score (nSPS) is 19.3. The minimum absolute atomic E-state index is 0.0614. The lowest BCUT2D eigenvalue weighted by Crippen LogP contribution is -2.31. The number of hydrogen-bond acceptors (Lipinski definition) is 5. The summed E-state index contributed by atoms with van der Waals surface area (Å²) < 4.78 is 0. The number of carbonyl (C=O) groups excluding carboxylic acids is 2. The van der Waals surface area contributed by atoms with Gasteiger partial charge in [0.2, 0.25) is 5.91 Å². The average molecular weight is 480 g/mol. The molecule has 7 heteroatoms. The van der Waals surface area contributed by atoms with Crippen molar-refractivity contribution in [3.63, 3.8) is 0 Å². The summed E-state index contributed by atoms with van der Waals surface area (Å²) in [5.41, 5.74) is 2.61. The molecular weight excluding hydrogens is 450 g/mol. The van der Waals surface area contributed by atoms with Crippen LogP contribution in [0.2, 0.25) is 0 Å². The van der Waals surface area contributed by atoms with Crippen LogP contribution < -0.4 is 10.2 Å². The van der Waals surface area contributed by atoms with Gasteiger partial charge in [-0.3, -0.25) is 9.59 Å². The molecule has 5 nitrogen and oxygen atoms in total. The van der Waals surface area contributed by atoms with Crippen LogP contribution in [0.5, 0.6) is 0 Å². The van der Waals surface area contributed by atoms with E-state index in [0.717, 1.165) is 17.1 Å². The fourth-order valence-corrected chi connectivity index (χ4v) is 6.55. The van der Waals surface area contributed by atoms with Crippen molar-refractivity contribution in [1.29, 1.82) is 0 Å². The predicted octanol–water partition coefficient (Wildman–Crippen LogP) is 4.85. The smallest absolute Gasteiger partial charge is 0.261 e. The molecule has 5 rings (SSSR count). The van der Waals surface area contributed by atoms with E-state index in [2.05, 4.69) is 54.6 Å². The molecule has 3 aromatic rings. The highest BCUT2D eigenvalue weighted by atomic mass is 32.1. The van der Waals surface area contributed by atoms with Gasteiger partial charge in [-0.25, -0.2) is 0 Å². The van der Waals surface area contributed by atoms with Gasteiger partial charge in [0.25, 0.3) is 5.91 Å². The number of thiophene rings is 2. The monoisotopic (exact) mass is 479 g/mol. The Balaban J connectivity index is 1.17. The van der Waals surface area contributed by atoms with Gasteiger partial charge in [-0.05, 0) is 68.2 Å². The van der Waals surface area contributed by atoms with Crippen LogP contribution in [0.1, 0.15) is 34.5 Å². The largest absolute Gasteiger partial charge is 0.351 e. The van der Waals surface area contributed by atoms with Crippen LogP contribution in [-0.2, 0) is 10.2 Å². The molecule has 1 saturated carbocycles. The molecule has 2 aromatic heterocycles. The molecule has 33 heavy (non-hydrogen) atoms. The second-order valence-electron chi connectivity index (χ2n) is 9.49. The number of nitrogens with one attached hydrogen (secondary N) is 1. The third-order valence-corrected chi connectivity index (χ3v) is 8.76. The van der Waals surface area contributed by atoms with Crippen LogP contribution in [0.15, 0.2) is 53.9 Å². The number of nitrogens with zero attached hydrogens (tertiary/aromatic N) is 2. The Bertz CT molecular complexity index is 1130. The number of rotatable bonds is 8. The van der Waals surface area contributed by atoms with Gasteiger partial charge in [0.1, 0.15) is 0 Å². The van der Waals surface area contributed by atoms with Gasteiger partial charge in [0.15, 0.2) is 0 Å². The zero-order valence-corrected chi connectivity index (χ0v) is 20.7. The molecule has 2 fully saturated rings. The number of amides is 2. The average Bonchev–Trinajstić information content (AvgIpc) is 3.22. The lowest BCUT2D eigenvalue weighted by Gasteiger charge is -2.22. The van der Waals surface area contributed by atoms with Crippen molar-refractivity contribution in [3.8, 4) is 9.75 Å². The van der Waals surface area contributed by atoms with Gasteiger partial charge in [-0.2, -0.15) is 0 Å². The Morgan fingerprint density at radius 1 is 1.12 bits per heavy atom. The Hall–Kier alpha value is -2.48. The Kier molecular flexibility index (Phi) is 6.12. The molecule has 2 amide bonds. The second-order valence-corrected chi connectivity index (χ2v) is 11.5. The van der Waals surface area contributed by atoms with Gasteiger partial charge in [0.05, 0.1) is 4.88 Å². The van der Waals surface area contributed by atoms with Crippen molar-refractivity contribution >= 4 is 40.2 Å². The summed E-state index contributed by atoms with van der Waals surface area (Å²) in [6.45, 7) is 2.22. The summed E-state index contributed by atoms with van der Waals surface area (Å²) in [6.07, 6.45) is 2.93. The van der Waals surface area contributed by atoms with Crippen LogP contribution in [0, 0.1) is 5.92 Å². The molecule has 0 radical (unpaired) electrons. The van der Waals surface area contributed by atoms with Crippen molar-refractivity contribution < 1.29 is 9.59 Å². The molecule has 1 aliphatic carbocycles. The molecule has 1 saturated heterocycles. The molecule has 1 atom stereocenters. The van der Waals surface area contributed by atoms with Crippen molar-refractivity contribution in [2.75, 3.05) is 38.6 Å². The third-order valence-electron chi connectivity index (χ3n) is 6.61. The maximum atomic E-state index is 12.7. The summed E-state index contributed by atoms with van der Waals surface area (Å²) in [5, 5.41) is 5.08. The number of carbonyl (C=O) groups is 2. The van der Waals surface area contributed by atoms with Gasteiger partial charge in [-0.1, -0.05) is 18.2 Å². The fraction of sp³-hybridized carbons (Fsp3) is 0.385. The summed E-state index contributed by atoms with van der Waals surface area (Å²) in [4.78, 5) is 32.4. The first-order valence-corrected chi connectivity index (χ1v) is 13.1. The Labute approximate surface area is 203 Å². The van der Waals surface area contributed by atoms with E-state index < -0.39 is 0 Å². The number of hydrogen-bond donors (Lipinski definition) is 1. The van der Waals surface area contributed by atoms with E-state index >= 15 is 0 Å². The quantitative estimate of drug-likeness (QED) is 0.502. The number of anilines is 1. The topological polar surface area (TPSA) is 52.6 Å². The van der Waals surface area contributed by atoms with Gasteiger partial charge in [0, 0.05) is 52.8 Å². The fourth-order valence-electron chi connectivity index (χ4n) is 4.79. The minimum Gasteiger partial charge on any atom is -0.351 e. The van der Waals surface area contributed by atoms with E-state index in [9.17, 15) is 9.59 Å². The van der Waals surface area contributed by atoms with Gasteiger partial charge >= 0.3 is 0 Å². The van der Waals surface area contributed by atoms with Crippen molar-refractivity contribution in [3.05, 3.63) is 64.4 Å². The molecule has 3 heterocycles. The van der Waals surface area contributed by atoms with Crippen molar-refractivity contribution in [2.24, 2.45) is 5.92 Å². The van der Waals surface area contributed by atoms with Crippen molar-refractivity contribution in [1.82, 2.24) is 10.2 Å². The molecule has 1 N–H and O–H groups in total. The van der Waals surface area contributed by atoms with Crippen LogP contribution in [0.25, 0.3) is 9.75 Å².